The number of rotatable bonds is 2. The summed E-state index contributed by atoms with van der Waals surface area (Å²) in [5.74, 6) is 1.45. The van der Waals surface area contributed by atoms with Crippen molar-refractivity contribution in [2.24, 2.45) is 0 Å². The monoisotopic (exact) mass is 202 g/mol. The Bertz CT molecular complexity index is 472. The van der Waals surface area contributed by atoms with Crippen LogP contribution in [0.1, 0.15) is 5.69 Å². The molecule has 2 aromatic heterocycles. The van der Waals surface area contributed by atoms with Gasteiger partial charge in [0.15, 0.2) is 5.75 Å². The van der Waals surface area contributed by atoms with Crippen LogP contribution in [-0.4, -0.2) is 15.0 Å². The quantitative estimate of drug-likeness (QED) is 0.799. The van der Waals surface area contributed by atoms with E-state index in [2.05, 4.69) is 15.0 Å². The maximum atomic E-state index is 5.50. The molecule has 76 valence electrons. The first-order chi connectivity index (χ1) is 7.25. The van der Waals surface area contributed by atoms with Gasteiger partial charge in [0.05, 0.1) is 5.69 Å². The van der Waals surface area contributed by atoms with Crippen LogP contribution in [0.25, 0.3) is 0 Å². The average molecular weight is 202 g/mol. The molecule has 0 aliphatic carbocycles. The summed E-state index contributed by atoms with van der Waals surface area (Å²) >= 11 is 0. The second-order valence-corrected chi connectivity index (χ2v) is 2.97. The Morgan fingerprint density at radius 3 is 2.87 bits per heavy atom. The minimum Gasteiger partial charge on any atom is -0.437 e. The summed E-state index contributed by atoms with van der Waals surface area (Å²) in [5.41, 5.74) is 6.30. The highest BCUT2D eigenvalue weighted by Crippen LogP contribution is 2.21. The Morgan fingerprint density at radius 1 is 1.27 bits per heavy atom. The van der Waals surface area contributed by atoms with Crippen LogP contribution in [0.3, 0.4) is 0 Å². The molecule has 2 rings (SSSR count). The molecule has 0 spiro atoms. The number of nitrogen functional groups attached to an aromatic ring is 1. The van der Waals surface area contributed by atoms with E-state index in [1.165, 1.54) is 6.33 Å². The van der Waals surface area contributed by atoms with Crippen molar-refractivity contribution in [3.8, 4) is 11.6 Å². The number of nitrogens with two attached hydrogens (primary N) is 1. The summed E-state index contributed by atoms with van der Waals surface area (Å²) in [6.07, 6.45) is 3.06. The zero-order chi connectivity index (χ0) is 10.7. The highest BCUT2D eigenvalue weighted by atomic mass is 16.5. The van der Waals surface area contributed by atoms with Gasteiger partial charge in [0.1, 0.15) is 12.1 Å². The first kappa shape index (κ1) is 9.39. The van der Waals surface area contributed by atoms with Gasteiger partial charge in [-0.2, -0.15) is 0 Å². The number of anilines is 1. The third-order valence-electron chi connectivity index (χ3n) is 1.84. The fraction of sp³-hybridized carbons (Fsp3) is 0.100. The SMILES string of the molecule is Cc1ncccc1Oc1cc(N)ncn1. The van der Waals surface area contributed by atoms with Gasteiger partial charge in [-0.05, 0) is 19.1 Å². The fourth-order valence-corrected chi connectivity index (χ4v) is 1.10. The van der Waals surface area contributed by atoms with Gasteiger partial charge in [-0.1, -0.05) is 0 Å². The third-order valence-corrected chi connectivity index (χ3v) is 1.84. The number of ether oxygens (including phenoxy) is 1. The van der Waals surface area contributed by atoms with Crippen LogP contribution in [0.5, 0.6) is 11.6 Å². The minimum absolute atomic E-state index is 0.376. The van der Waals surface area contributed by atoms with E-state index in [0.717, 1.165) is 5.69 Å². The van der Waals surface area contributed by atoms with Crippen molar-refractivity contribution in [1.29, 1.82) is 0 Å². The summed E-state index contributed by atoms with van der Waals surface area (Å²) in [6.45, 7) is 1.86. The molecule has 2 heterocycles. The van der Waals surface area contributed by atoms with Gasteiger partial charge in [-0.15, -0.1) is 0 Å². The van der Waals surface area contributed by atoms with E-state index in [1.54, 1.807) is 18.3 Å². The molecule has 0 aliphatic heterocycles. The lowest BCUT2D eigenvalue weighted by Gasteiger charge is -2.06. The molecule has 0 unspecified atom stereocenters. The molecule has 0 saturated carbocycles. The normalized spacial score (nSPS) is 9.93. The number of hydrogen-bond acceptors (Lipinski definition) is 5. The summed E-state index contributed by atoms with van der Waals surface area (Å²) in [4.78, 5) is 11.8. The Kier molecular flexibility index (Phi) is 2.45. The lowest BCUT2D eigenvalue weighted by atomic mass is 10.3. The van der Waals surface area contributed by atoms with Crippen LogP contribution in [0.4, 0.5) is 5.82 Å². The molecule has 5 heteroatoms. The van der Waals surface area contributed by atoms with Crippen LogP contribution in [0, 0.1) is 6.92 Å². The zero-order valence-corrected chi connectivity index (χ0v) is 8.21. The highest BCUT2D eigenvalue weighted by molar-refractivity contribution is 5.35. The van der Waals surface area contributed by atoms with E-state index < -0.39 is 0 Å². The van der Waals surface area contributed by atoms with E-state index in [0.29, 0.717) is 17.4 Å². The summed E-state index contributed by atoms with van der Waals surface area (Å²) in [7, 11) is 0. The van der Waals surface area contributed by atoms with Gasteiger partial charge in [0.25, 0.3) is 0 Å². The van der Waals surface area contributed by atoms with Crippen molar-refractivity contribution in [3.05, 3.63) is 36.4 Å². The molecule has 2 aromatic rings. The van der Waals surface area contributed by atoms with Gasteiger partial charge in [-0.25, -0.2) is 9.97 Å². The number of hydrogen-bond donors (Lipinski definition) is 1. The lowest BCUT2D eigenvalue weighted by Crippen LogP contribution is -1.95. The fourth-order valence-electron chi connectivity index (χ4n) is 1.10. The molecule has 2 N–H and O–H groups in total. The van der Waals surface area contributed by atoms with Crippen LogP contribution in [0.2, 0.25) is 0 Å². The second kappa shape index (κ2) is 3.91. The molecule has 0 atom stereocenters. The van der Waals surface area contributed by atoms with Gasteiger partial charge in [0, 0.05) is 12.3 Å². The second-order valence-electron chi connectivity index (χ2n) is 2.97. The van der Waals surface area contributed by atoms with Crippen molar-refractivity contribution in [2.75, 3.05) is 5.73 Å². The zero-order valence-electron chi connectivity index (χ0n) is 8.21. The van der Waals surface area contributed by atoms with Gasteiger partial charge in [-0.3, -0.25) is 4.98 Å². The molecule has 5 nitrogen and oxygen atoms in total. The van der Waals surface area contributed by atoms with Crippen LogP contribution >= 0.6 is 0 Å². The maximum Gasteiger partial charge on any atom is 0.224 e. The van der Waals surface area contributed by atoms with E-state index >= 15 is 0 Å². The maximum absolute atomic E-state index is 5.50. The molecule has 15 heavy (non-hydrogen) atoms. The highest BCUT2D eigenvalue weighted by Gasteiger charge is 2.02. The van der Waals surface area contributed by atoms with E-state index in [-0.39, 0.29) is 0 Å². The topological polar surface area (TPSA) is 73.9 Å². The minimum atomic E-state index is 0.376. The number of aryl methyl sites for hydroxylation is 1. The molecule has 0 bridgehead atoms. The Balaban J connectivity index is 2.26. The van der Waals surface area contributed by atoms with E-state index in [1.807, 2.05) is 13.0 Å². The molecular weight excluding hydrogens is 192 g/mol. The summed E-state index contributed by atoms with van der Waals surface area (Å²) in [6, 6.07) is 5.18. The molecule has 0 fully saturated rings. The Morgan fingerprint density at radius 2 is 2.13 bits per heavy atom. The first-order valence-electron chi connectivity index (χ1n) is 4.43. The van der Waals surface area contributed by atoms with Crippen LogP contribution in [0.15, 0.2) is 30.7 Å². The van der Waals surface area contributed by atoms with Crippen molar-refractivity contribution in [1.82, 2.24) is 15.0 Å². The summed E-state index contributed by atoms with van der Waals surface area (Å²) < 4.78 is 5.50. The Labute approximate surface area is 87.0 Å². The van der Waals surface area contributed by atoms with Crippen molar-refractivity contribution >= 4 is 5.82 Å². The van der Waals surface area contributed by atoms with E-state index in [4.69, 9.17) is 10.5 Å². The van der Waals surface area contributed by atoms with Gasteiger partial charge < -0.3 is 10.5 Å². The lowest BCUT2D eigenvalue weighted by molar-refractivity contribution is 0.455. The number of pyridine rings is 1. The smallest absolute Gasteiger partial charge is 0.224 e. The molecule has 0 radical (unpaired) electrons. The number of nitrogens with zero attached hydrogens (tertiary/aromatic N) is 3. The Hall–Kier alpha value is -2.17. The molecule has 0 aliphatic rings. The predicted molar refractivity (Wildman–Crippen MR) is 55.5 cm³/mol. The molecule has 0 aromatic carbocycles. The van der Waals surface area contributed by atoms with Crippen molar-refractivity contribution < 1.29 is 4.74 Å². The average Bonchev–Trinajstić information content (AvgIpc) is 2.22. The third kappa shape index (κ3) is 2.19. The summed E-state index contributed by atoms with van der Waals surface area (Å²) in [5, 5.41) is 0. The van der Waals surface area contributed by atoms with Gasteiger partial charge >= 0.3 is 0 Å². The molecular formula is C10H10N4O. The van der Waals surface area contributed by atoms with Crippen LogP contribution < -0.4 is 10.5 Å². The molecule has 0 saturated heterocycles. The van der Waals surface area contributed by atoms with Crippen molar-refractivity contribution in [3.63, 3.8) is 0 Å². The standard InChI is InChI=1S/C10H10N4O/c1-7-8(3-2-4-12-7)15-10-5-9(11)13-6-14-10/h2-6H,1H3,(H2,11,13,14). The van der Waals surface area contributed by atoms with Crippen LogP contribution in [-0.2, 0) is 0 Å². The first-order valence-corrected chi connectivity index (χ1v) is 4.43. The molecule has 0 amide bonds. The van der Waals surface area contributed by atoms with Crippen molar-refractivity contribution in [2.45, 2.75) is 6.92 Å². The van der Waals surface area contributed by atoms with Gasteiger partial charge in [0.2, 0.25) is 5.88 Å². The largest absolute Gasteiger partial charge is 0.437 e. The number of aromatic nitrogens is 3. The predicted octanol–water partition coefficient (Wildman–Crippen LogP) is 1.55. The van der Waals surface area contributed by atoms with E-state index in [9.17, 15) is 0 Å².